The molecule has 1 atom stereocenters. The van der Waals surface area contributed by atoms with Crippen molar-refractivity contribution in [3.8, 4) is 11.5 Å². The van der Waals surface area contributed by atoms with Gasteiger partial charge in [-0.15, -0.1) is 0 Å². The average molecular weight is 312 g/mol. The maximum atomic E-state index is 5.88. The summed E-state index contributed by atoms with van der Waals surface area (Å²) in [6, 6.07) is 14.0. The van der Waals surface area contributed by atoms with Gasteiger partial charge < -0.3 is 20.1 Å². The Labute approximate surface area is 137 Å². The summed E-state index contributed by atoms with van der Waals surface area (Å²) in [6.45, 7) is 6.70. The maximum absolute atomic E-state index is 5.88. The number of fused-ring (bicyclic) bond motifs is 1. The third-order valence-corrected chi connectivity index (χ3v) is 3.96. The molecule has 4 nitrogen and oxygen atoms in total. The highest BCUT2D eigenvalue weighted by Crippen LogP contribution is 2.35. The van der Waals surface area contributed by atoms with E-state index in [0.29, 0.717) is 6.61 Å². The maximum Gasteiger partial charge on any atom is 0.145 e. The van der Waals surface area contributed by atoms with Crippen LogP contribution in [0.5, 0.6) is 11.5 Å². The molecule has 2 aromatic carbocycles. The Bertz CT molecular complexity index is 672. The zero-order valence-electron chi connectivity index (χ0n) is 13.8. The largest absolute Gasteiger partial charge is 0.494 e. The van der Waals surface area contributed by atoms with E-state index in [4.69, 9.17) is 15.2 Å². The molecule has 0 bridgehead atoms. The minimum absolute atomic E-state index is 0.169. The molecule has 122 valence electrons. The molecule has 23 heavy (non-hydrogen) atoms. The summed E-state index contributed by atoms with van der Waals surface area (Å²) in [6.07, 6.45) is 1.13. The smallest absolute Gasteiger partial charge is 0.145 e. The first-order valence-corrected chi connectivity index (χ1v) is 8.12. The van der Waals surface area contributed by atoms with Gasteiger partial charge in [0.15, 0.2) is 0 Å². The Morgan fingerprint density at radius 2 is 2.13 bits per heavy atom. The first kappa shape index (κ1) is 15.5. The van der Waals surface area contributed by atoms with Crippen LogP contribution in [0.3, 0.4) is 0 Å². The van der Waals surface area contributed by atoms with E-state index in [2.05, 4.69) is 30.9 Å². The van der Waals surface area contributed by atoms with Crippen molar-refractivity contribution in [2.75, 3.05) is 30.3 Å². The SMILES string of the molecule is Cc1cccc(OCCCN2CC(C)Oc3cc(N)ccc32)c1. The second kappa shape index (κ2) is 6.82. The Morgan fingerprint density at radius 1 is 1.26 bits per heavy atom. The molecule has 4 heteroatoms. The number of hydrogen-bond donors (Lipinski definition) is 1. The summed E-state index contributed by atoms with van der Waals surface area (Å²) >= 11 is 0. The van der Waals surface area contributed by atoms with E-state index in [-0.39, 0.29) is 6.10 Å². The van der Waals surface area contributed by atoms with Crippen LogP contribution in [0, 0.1) is 6.92 Å². The van der Waals surface area contributed by atoms with Crippen LogP contribution >= 0.6 is 0 Å². The molecule has 0 aliphatic carbocycles. The number of benzene rings is 2. The molecule has 1 aliphatic heterocycles. The number of nitrogens with two attached hydrogens (primary N) is 1. The van der Waals surface area contributed by atoms with Crippen molar-refractivity contribution in [3.63, 3.8) is 0 Å². The van der Waals surface area contributed by atoms with Crippen LogP contribution in [0.15, 0.2) is 42.5 Å². The van der Waals surface area contributed by atoms with Crippen molar-refractivity contribution in [1.82, 2.24) is 0 Å². The average Bonchev–Trinajstić information content (AvgIpc) is 2.51. The van der Waals surface area contributed by atoms with Gasteiger partial charge in [-0.2, -0.15) is 0 Å². The zero-order valence-corrected chi connectivity index (χ0v) is 13.8. The lowest BCUT2D eigenvalue weighted by Crippen LogP contribution is -2.39. The fraction of sp³-hybridized carbons (Fsp3) is 0.368. The molecule has 0 spiro atoms. The zero-order chi connectivity index (χ0) is 16.2. The highest BCUT2D eigenvalue weighted by molar-refractivity contribution is 5.65. The number of hydrogen-bond acceptors (Lipinski definition) is 4. The molecule has 0 saturated carbocycles. The van der Waals surface area contributed by atoms with E-state index < -0.39 is 0 Å². The molecular formula is C19H24N2O2. The summed E-state index contributed by atoms with van der Waals surface area (Å²) in [5.41, 5.74) is 8.93. The van der Waals surface area contributed by atoms with E-state index in [9.17, 15) is 0 Å². The van der Waals surface area contributed by atoms with Gasteiger partial charge in [-0.25, -0.2) is 0 Å². The molecule has 0 amide bonds. The molecule has 3 rings (SSSR count). The van der Waals surface area contributed by atoms with Gasteiger partial charge in [0.2, 0.25) is 0 Å². The van der Waals surface area contributed by atoms with Gasteiger partial charge in [-0.3, -0.25) is 0 Å². The number of ether oxygens (including phenoxy) is 2. The van der Waals surface area contributed by atoms with Crippen molar-refractivity contribution in [2.24, 2.45) is 0 Å². The minimum Gasteiger partial charge on any atom is -0.494 e. The van der Waals surface area contributed by atoms with Crippen LogP contribution in [0.25, 0.3) is 0 Å². The summed E-state index contributed by atoms with van der Waals surface area (Å²) in [4.78, 5) is 2.35. The van der Waals surface area contributed by atoms with Gasteiger partial charge in [0.1, 0.15) is 17.6 Å². The summed E-state index contributed by atoms with van der Waals surface area (Å²) in [5, 5.41) is 0. The molecule has 1 heterocycles. The van der Waals surface area contributed by atoms with Crippen molar-refractivity contribution in [2.45, 2.75) is 26.4 Å². The summed E-state index contributed by atoms with van der Waals surface area (Å²) < 4.78 is 11.7. The second-order valence-electron chi connectivity index (χ2n) is 6.12. The fourth-order valence-electron chi connectivity index (χ4n) is 2.91. The summed E-state index contributed by atoms with van der Waals surface area (Å²) in [5.74, 6) is 1.82. The molecule has 1 unspecified atom stereocenters. The van der Waals surface area contributed by atoms with Crippen molar-refractivity contribution in [1.29, 1.82) is 0 Å². The van der Waals surface area contributed by atoms with E-state index in [1.54, 1.807) is 0 Å². The van der Waals surface area contributed by atoms with Crippen LogP contribution in [0.2, 0.25) is 0 Å². The Hall–Kier alpha value is -2.36. The molecule has 2 N–H and O–H groups in total. The monoisotopic (exact) mass is 312 g/mol. The van der Waals surface area contributed by atoms with Crippen LogP contribution in [-0.4, -0.2) is 25.8 Å². The first-order valence-electron chi connectivity index (χ1n) is 8.12. The van der Waals surface area contributed by atoms with Crippen LogP contribution in [0.4, 0.5) is 11.4 Å². The number of rotatable bonds is 5. The topological polar surface area (TPSA) is 47.7 Å². The second-order valence-corrected chi connectivity index (χ2v) is 6.12. The fourth-order valence-corrected chi connectivity index (χ4v) is 2.91. The number of nitrogens with zero attached hydrogens (tertiary/aromatic N) is 1. The first-order chi connectivity index (χ1) is 11.1. The van der Waals surface area contributed by atoms with Gasteiger partial charge in [-0.1, -0.05) is 12.1 Å². The predicted octanol–water partition coefficient (Wildman–Crippen LogP) is 3.63. The van der Waals surface area contributed by atoms with Gasteiger partial charge in [0, 0.05) is 18.3 Å². The lowest BCUT2D eigenvalue weighted by atomic mass is 10.1. The van der Waals surface area contributed by atoms with Crippen molar-refractivity contribution >= 4 is 11.4 Å². The third kappa shape index (κ3) is 3.89. The molecule has 2 aromatic rings. The standard InChI is InChI=1S/C19H24N2O2/c1-14-5-3-6-17(11-14)22-10-4-9-21-13-15(2)23-19-12-16(20)7-8-18(19)21/h3,5-8,11-12,15H,4,9-10,13,20H2,1-2H3. The van der Waals surface area contributed by atoms with Crippen LogP contribution in [0.1, 0.15) is 18.9 Å². The molecular weight excluding hydrogens is 288 g/mol. The normalized spacial score (nSPS) is 16.6. The van der Waals surface area contributed by atoms with Crippen molar-refractivity contribution < 1.29 is 9.47 Å². The molecule has 0 fully saturated rings. The van der Waals surface area contributed by atoms with E-state index >= 15 is 0 Å². The van der Waals surface area contributed by atoms with E-state index in [0.717, 1.165) is 42.4 Å². The van der Waals surface area contributed by atoms with Gasteiger partial charge in [-0.05, 0) is 50.1 Å². The summed E-state index contributed by atoms with van der Waals surface area (Å²) in [7, 11) is 0. The molecule has 0 saturated heterocycles. The number of anilines is 2. The van der Waals surface area contributed by atoms with Crippen LogP contribution < -0.4 is 20.1 Å². The lowest BCUT2D eigenvalue weighted by Gasteiger charge is -2.35. The Kier molecular flexibility index (Phi) is 4.60. The van der Waals surface area contributed by atoms with Crippen molar-refractivity contribution in [3.05, 3.63) is 48.0 Å². The third-order valence-electron chi connectivity index (χ3n) is 3.96. The number of nitrogen functional groups attached to an aromatic ring is 1. The quantitative estimate of drug-likeness (QED) is 0.676. The van der Waals surface area contributed by atoms with E-state index in [1.165, 1.54) is 5.56 Å². The highest BCUT2D eigenvalue weighted by Gasteiger charge is 2.22. The lowest BCUT2D eigenvalue weighted by molar-refractivity contribution is 0.211. The predicted molar refractivity (Wildman–Crippen MR) is 94.4 cm³/mol. The van der Waals surface area contributed by atoms with Crippen LogP contribution in [-0.2, 0) is 0 Å². The van der Waals surface area contributed by atoms with E-state index in [1.807, 2.05) is 30.3 Å². The minimum atomic E-state index is 0.169. The Morgan fingerprint density at radius 3 is 2.96 bits per heavy atom. The van der Waals surface area contributed by atoms with Gasteiger partial charge >= 0.3 is 0 Å². The molecule has 0 aromatic heterocycles. The number of aryl methyl sites for hydroxylation is 1. The Balaban J connectivity index is 1.56. The van der Waals surface area contributed by atoms with Gasteiger partial charge in [0.25, 0.3) is 0 Å². The molecule has 1 aliphatic rings. The van der Waals surface area contributed by atoms with Gasteiger partial charge in [0.05, 0.1) is 18.8 Å². The molecule has 0 radical (unpaired) electrons. The highest BCUT2D eigenvalue weighted by atomic mass is 16.5.